The molecule has 2 nitrogen and oxygen atoms in total. The molecule has 0 saturated heterocycles. The van der Waals surface area contributed by atoms with Crippen LogP contribution in [0.15, 0.2) is 30.3 Å². The first kappa shape index (κ1) is 20.4. The molecule has 30 heavy (non-hydrogen) atoms. The van der Waals surface area contributed by atoms with Gasteiger partial charge in [0.05, 0.1) is 17.7 Å². The fraction of sp³-hybridized carbons (Fsp3) is 0.556. The fourth-order valence-electron chi connectivity index (χ4n) is 5.77. The van der Waals surface area contributed by atoms with Crippen molar-refractivity contribution in [2.75, 3.05) is 6.61 Å². The van der Waals surface area contributed by atoms with Crippen molar-refractivity contribution in [1.82, 2.24) is 0 Å². The predicted molar refractivity (Wildman–Crippen MR) is 123 cm³/mol. The summed E-state index contributed by atoms with van der Waals surface area (Å²) in [6.07, 6.45) is 9.89. The minimum absolute atomic E-state index is 0.195. The number of rotatable bonds is 5. The van der Waals surface area contributed by atoms with E-state index in [1.807, 2.05) is 0 Å². The van der Waals surface area contributed by atoms with Gasteiger partial charge in [-0.15, -0.1) is 0 Å². The van der Waals surface area contributed by atoms with Gasteiger partial charge in [-0.3, -0.25) is 0 Å². The van der Waals surface area contributed by atoms with Crippen molar-refractivity contribution in [3.8, 4) is 5.75 Å². The smallest absolute Gasteiger partial charge is 0.141 e. The largest absolute Gasteiger partial charge is 0.491 e. The fourth-order valence-corrected chi connectivity index (χ4v) is 6.06. The van der Waals surface area contributed by atoms with Crippen LogP contribution in [-0.2, 0) is 19.3 Å². The highest BCUT2D eigenvalue weighted by Crippen LogP contribution is 2.46. The average molecular weight is 425 g/mol. The third-order valence-electron chi connectivity index (χ3n) is 7.56. The number of halogens is 1. The zero-order chi connectivity index (χ0) is 20.7. The summed E-state index contributed by atoms with van der Waals surface area (Å²) in [5.74, 6) is 2.76. The van der Waals surface area contributed by atoms with E-state index in [0.717, 1.165) is 54.4 Å². The molecule has 3 aliphatic rings. The standard InChI is InChI=1S/C27H33ClO2/c1-17-11-21(15-23(29)12-17)25-16-22(26(28)27-24(25)9-10-30-27)14-20-7-5-19(6-8-20)13-18-3-2-4-18/h5-8,16-18,21,23,29H,2-4,9-15H2,1H3. The first-order valence-electron chi connectivity index (χ1n) is 11.8. The van der Waals surface area contributed by atoms with Crippen LogP contribution < -0.4 is 4.74 Å². The molecule has 1 N–H and O–H groups in total. The molecule has 1 heterocycles. The average Bonchev–Trinajstić information content (AvgIpc) is 3.17. The van der Waals surface area contributed by atoms with E-state index in [2.05, 4.69) is 37.3 Å². The van der Waals surface area contributed by atoms with Gasteiger partial charge < -0.3 is 9.84 Å². The summed E-state index contributed by atoms with van der Waals surface area (Å²) in [7, 11) is 0. The Morgan fingerprint density at radius 1 is 1.07 bits per heavy atom. The third-order valence-corrected chi connectivity index (χ3v) is 7.97. The summed E-state index contributed by atoms with van der Waals surface area (Å²) < 4.78 is 5.98. The molecule has 2 aromatic rings. The molecule has 0 radical (unpaired) electrons. The number of aliphatic hydroxyl groups is 1. The summed E-state index contributed by atoms with van der Waals surface area (Å²) in [5, 5.41) is 11.2. The highest BCUT2D eigenvalue weighted by molar-refractivity contribution is 6.33. The van der Waals surface area contributed by atoms with Gasteiger partial charge in [-0.2, -0.15) is 0 Å². The van der Waals surface area contributed by atoms with Gasteiger partial charge >= 0.3 is 0 Å². The van der Waals surface area contributed by atoms with Crippen LogP contribution in [0.2, 0.25) is 5.02 Å². The molecule has 3 unspecified atom stereocenters. The van der Waals surface area contributed by atoms with E-state index in [1.54, 1.807) is 0 Å². The zero-order valence-electron chi connectivity index (χ0n) is 18.0. The van der Waals surface area contributed by atoms with E-state index in [4.69, 9.17) is 16.3 Å². The summed E-state index contributed by atoms with van der Waals surface area (Å²) in [4.78, 5) is 0. The van der Waals surface area contributed by atoms with Crippen molar-refractivity contribution in [3.05, 3.63) is 63.2 Å². The second-order valence-corrected chi connectivity index (χ2v) is 10.4. The van der Waals surface area contributed by atoms with E-state index < -0.39 is 0 Å². The third kappa shape index (κ3) is 4.14. The number of hydrogen-bond acceptors (Lipinski definition) is 2. The molecule has 1 aliphatic heterocycles. The minimum Gasteiger partial charge on any atom is -0.491 e. The first-order chi connectivity index (χ1) is 14.6. The molecule has 3 atom stereocenters. The second kappa shape index (κ2) is 8.55. The Labute approximate surface area is 185 Å². The van der Waals surface area contributed by atoms with Crippen LogP contribution in [0.1, 0.15) is 79.2 Å². The maximum absolute atomic E-state index is 10.4. The summed E-state index contributed by atoms with van der Waals surface area (Å²) in [5.41, 5.74) is 6.57. The SMILES string of the molecule is CC1CC(O)CC(c2cc(Cc3ccc(CC4CCC4)cc3)c(Cl)c3c2CCO3)C1. The van der Waals surface area contributed by atoms with Gasteiger partial charge in [0.25, 0.3) is 0 Å². The molecule has 3 heteroatoms. The van der Waals surface area contributed by atoms with E-state index in [1.165, 1.54) is 47.9 Å². The van der Waals surface area contributed by atoms with Gasteiger partial charge in [-0.1, -0.05) is 68.1 Å². The van der Waals surface area contributed by atoms with Crippen molar-refractivity contribution in [2.24, 2.45) is 11.8 Å². The Balaban J connectivity index is 1.40. The van der Waals surface area contributed by atoms with E-state index in [9.17, 15) is 5.11 Å². The number of fused-ring (bicyclic) bond motifs is 1. The zero-order valence-corrected chi connectivity index (χ0v) is 18.8. The monoisotopic (exact) mass is 424 g/mol. The van der Waals surface area contributed by atoms with Gasteiger partial charge in [-0.05, 0) is 72.1 Å². The molecule has 0 aromatic heterocycles. The predicted octanol–water partition coefficient (Wildman–Crippen LogP) is 6.47. The molecular weight excluding hydrogens is 392 g/mol. The quantitative estimate of drug-likeness (QED) is 0.595. The van der Waals surface area contributed by atoms with Crippen molar-refractivity contribution >= 4 is 11.6 Å². The molecule has 2 aromatic carbocycles. The van der Waals surface area contributed by atoms with Crippen molar-refractivity contribution < 1.29 is 9.84 Å². The molecule has 0 bridgehead atoms. The molecule has 2 aliphatic carbocycles. The van der Waals surface area contributed by atoms with Crippen LogP contribution in [0, 0.1) is 11.8 Å². The van der Waals surface area contributed by atoms with Gasteiger partial charge in [-0.25, -0.2) is 0 Å². The summed E-state index contributed by atoms with van der Waals surface area (Å²) in [6.45, 7) is 2.97. The molecule has 0 spiro atoms. The number of ether oxygens (including phenoxy) is 1. The lowest BCUT2D eigenvalue weighted by Crippen LogP contribution is -2.24. The van der Waals surface area contributed by atoms with E-state index >= 15 is 0 Å². The highest BCUT2D eigenvalue weighted by atomic mass is 35.5. The molecule has 0 amide bonds. The van der Waals surface area contributed by atoms with Gasteiger partial charge in [0.15, 0.2) is 0 Å². The molecule has 2 saturated carbocycles. The van der Waals surface area contributed by atoms with Crippen LogP contribution in [-0.4, -0.2) is 17.8 Å². The number of hydrogen-bond donors (Lipinski definition) is 1. The molecule has 2 fully saturated rings. The minimum atomic E-state index is -0.195. The Hall–Kier alpha value is -1.51. The van der Waals surface area contributed by atoms with Crippen LogP contribution in [0.3, 0.4) is 0 Å². The lowest BCUT2D eigenvalue weighted by atomic mass is 9.75. The van der Waals surface area contributed by atoms with Crippen LogP contribution >= 0.6 is 11.6 Å². The molecular formula is C27H33ClO2. The van der Waals surface area contributed by atoms with Crippen molar-refractivity contribution in [1.29, 1.82) is 0 Å². The summed E-state index contributed by atoms with van der Waals surface area (Å²) >= 11 is 6.82. The van der Waals surface area contributed by atoms with E-state index in [0.29, 0.717) is 18.4 Å². The Morgan fingerprint density at radius 3 is 2.53 bits per heavy atom. The Morgan fingerprint density at radius 2 is 1.83 bits per heavy atom. The topological polar surface area (TPSA) is 29.5 Å². The van der Waals surface area contributed by atoms with Crippen molar-refractivity contribution in [3.63, 3.8) is 0 Å². The lowest BCUT2D eigenvalue weighted by molar-refractivity contribution is 0.0944. The Bertz CT molecular complexity index is 890. The van der Waals surface area contributed by atoms with E-state index in [-0.39, 0.29) is 6.10 Å². The van der Waals surface area contributed by atoms with Crippen LogP contribution in [0.4, 0.5) is 0 Å². The first-order valence-corrected chi connectivity index (χ1v) is 12.2. The normalized spacial score (nSPS) is 26.2. The Kier molecular flexibility index (Phi) is 5.82. The van der Waals surface area contributed by atoms with Gasteiger partial charge in [0, 0.05) is 12.0 Å². The number of aliphatic hydroxyl groups excluding tert-OH is 1. The molecule has 5 rings (SSSR count). The lowest BCUT2D eigenvalue weighted by Gasteiger charge is -2.32. The maximum Gasteiger partial charge on any atom is 0.141 e. The maximum atomic E-state index is 10.4. The van der Waals surface area contributed by atoms with Gasteiger partial charge in [0.1, 0.15) is 5.75 Å². The number of benzene rings is 2. The second-order valence-electron chi connectivity index (χ2n) is 10.0. The summed E-state index contributed by atoms with van der Waals surface area (Å²) in [6, 6.07) is 11.5. The van der Waals surface area contributed by atoms with Crippen molar-refractivity contribution in [2.45, 2.75) is 76.7 Å². The van der Waals surface area contributed by atoms with Crippen LogP contribution in [0.25, 0.3) is 0 Å². The van der Waals surface area contributed by atoms with Gasteiger partial charge in [0.2, 0.25) is 0 Å². The van der Waals surface area contributed by atoms with Crippen LogP contribution in [0.5, 0.6) is 5.75 Å². The highest BCUT2D eigenvalue weighted by Gasteiger charge is 2.31. The molecule has 160 valence electrons.